The van der Waals surface area contributed by atoms with Gasteiger partial charge in [0.2, 0.25) is 5.91 Å². The van der Waals surface area contributed by atoms with Gasteiger partial charge in [0.25, 0.3) is 0 Å². The summed E-state index contributed by atoms with van der Waals surface area (Å²) in [6.07, 6.45) is -3.89. The molecule has 26 heavy (non-hydrogen) atoms. The molecule has 0 radical (unpaired) electrons. The molecule has 0 spiro atoms. The summed E-state index contributed by atoms with van der Waals surface area (Å²) >= 11 is 5.85. The number of amides is 1. The number of halogens is 4. The van der Waals surface area contributed by atoms with Crippen molar-refractivity contribution in [3.63, 3.8) is 0 Å². The van der Waals surface area contributed by atoms with Gasteiger partial charge in [0.05, 0.1) is 12.8 Å². The maximum absolute atomic E-state index is 12.3. The van der Waals surface area contributed by atoms with Gasteiger partial charge >= 0.3 is 6.18 Å². The van der Waals surface area contributed by atoms with Crippen molar-refractivity contribution < 1.29 is 27.4 Å². The largest absolute Gasteiger partial charge is 0.497 e. The lowest BCUT2D eigenvalue weighted by molar-refractivity contribution is -0.153. The van der Waals surface area contributed by atoms with Crippen molar-refractivity contribution in [2.24, 2.45) is 0 Å². The number of alkyl halides is 3. The molecule has 0 aliphatic rings. The minimum atomic E-state index is -4.48. The lowest BCUT2D eigenvalue weighted by atomic mass is 10.1. The molecule has 1 amide bonds. The van der Waals surface area contributed by atoms with E-state index in [1.54, 1.807) is 13.2 Å². The maximum atomic E-state index is 12.3. The quantitative estimate of drug-likeness (QED) is 0.738. The van der Waals surface area contributed by atoms with Crippen LogP contribution in [-0.4, -0.2) is 25.8 Å². The molecule has 0 atom stereocenters. The average molecular weight is 388 g/mol. The number of hydrogen-bond acceptors (Lipinski definition) is 3. The fraction of sp³-hybridized carbons (Fsp3) is 0.278. The first-order valence-corrected chi connectivity index (χ1v) is 8.06. The van der Waals surface area contributed by atoms with E-state index >= 15 is 0 Å². The maximum Gasteiger partial charge on any atom is 0.422 e. The SMILES string of the molecule is COc1cccc(CCC(=O)Nc2cc(Cl)ccc2OCC(F)(F)F)c1. The molecule has 0 aliphatic carbocycles. The molecule has 0 heterocycles. The monoisotopic (exact) mass is 387 g/mol. The van der Waals surface area contributed by atoms with Crippen LogP contribution in [0.5, 0.6) is 11.5 Å². The topological polar surface area (TPSA) is 47.6 Å². The Balaban J connectivity index is 2.00. The van der Waals surface area contributed by atoms with Gasteiger partial charge in [-0.3, -0.25) is 4.79 Å². The number of benzene rings is 2. The summed E-state index contributed by atoms with van der Waals surface area (Å²) in [4.78, 5) is 12.1. The Morgan fingerprint density at radius 2 is 1.96 bits per heavy atom. The predicted molar refractivity (Wildman–Crippen MR) is 92.9 cm³/mol. The zero-order valence-corrected chi connectivity index (χ0v) is 14.7. The summed E-state index contributed by atoms with van der Waals surface area (Å²) in [6, 6.07) is 11.3. The van der Waals surface area contributed by atoms with E-state index in [-0.39, 0.29) is 28.8 Å². The lowest BCUT2D eigenvalue weighted by Crippen LogP contribution is -2.20. The molecular formula is C18H17ClF3NO3. The number of rotatable bonds is 7. The summed E-state index contributed by atoms with van der Waals surface area (Å²) in [6.45, 7) is -1.46. The zero-order chi connectivity index (χ0) is 19.2. The van der Waals surface area contributed by atoms with Crippen LogP contribution in [0, 0.1) is 0 Å². The highest BCUT2D eigenvalue weighted by Gasteiger charge is 2.29. The summed E-state index contributed by atoms with van der Waals surface area (Å²) in [5.41, 5.74) is 0.997. The molecule has 0 saturated carbocycles. The van der Waals surface area contributed by atoms with Crippen LogP contribution in [0.15, 0.2) is 42.5 Å². The second-order valence-corrected chi connectivity index (χ2v) is 5.88. The van der Waals surface area contributed by atoms with E-state index in [1.165, 1.54) is 18.2 Å². The molecule has 2 aromatic rings. The molecule has 0 aliphatic heterocycles. The molecule has 1 N–H and O–H groups in total. The van der Waals surface area contributed by atoms with E-state index in [0.717, 1.165) is 5.56 Å². The molecule has 2 rings (SSSR count). The van der Waals surface area contributed by atoms with Gasteiger partial charge in [-0.2, -0.15) is 13.2 Å². The highest BCUT2D eigenvalue weighted by atomic mass is 35.5. The predicted octanol–water partition coefficient (Wildman–Crippen LogP) is 4.86. The molecule has 8 heteroatoms. The number of aryl methyl sites for hydroxylation is 1. The minimum absolute atomic E-state index is 0.0948. The molecule has 140 valence electrons. The van der Waals surface area contributed by atoms with Crippen LogP contribution in [0.4, 0.5) is 18.9 Å². The zero-order valence-electron chi connectivity index (χ0n) is 13.9. The fourth-order valence-corrected chi connectivity index (χ4v) is 2.36. The van der Waals surface area contributed by atoms with Crippen LogP contribution in [0.25, 0.3) is 0 Å². The Morgan fingerprint density at radius 1 is 1.19 bits per heavy atom. The average Bonchev–Trinajstić information content (AvgIpc) is 2.58. The normalized spacial score (nSPS) is 11.1. The number of nitrogens with one attached hydrogen (secondary N) is 1. The van der Waals surface area contributed by atoms with Crippen LogP contribution >= 0.6 is 11.6 Å². The van der Waals surface area contributed by atoms with Gasteiger partial charge in [0.1, 0.15) is 11.5 Å². The summed E-state index contributed by atoms with van der Waals surface area (Å²) < 4.78 is 46.9. The molecule has 4 nitrogen and oxygen atoms in total. The van der Waals surface area contributed by atoms with Crippen LogP contribution < -0.4 is 14.8 Å². The van der Waals surface area contributed by atoms with Crippen molar-refractivity contribution in [1.29, 1.82) is 0 Å². The Labute approximate surface area is 153 Å². The second-order valence-electron chi connectivity index (χ2n) is 5.44. The van der Waals surface area contributed by atoms with Crippen molar-refractivity contribution in [2.75, 3.05) is 19.0 Å². The van der Waals surface area contributed by atoms with Crippen LogP contribution in [-0.2, 0) is 11.2 Å². The highest BCUT2D eigenvalue weighted by molar-refractivity contribution is 6.31. The molecular weight excluding hydrogens is 371 g/mol. The van der Waals surface area contributed by atoms with Crippen molar-refractivity contribution in [1.82, 2.24) is 0 Å². The summed E-state index contributed by atoms with van der Waals surface area (Å²) in [7, 11) is 1.55. The first-order valence-electron chi connectivity index (χ1n) is 7.69. The van der Waals surface area contributed by atoms with Gasteiger partial charge in [0, 0.05) is 11.4 Å². The van der Waals surface area contributed by atoms with Gasteiger partial charge in [-0.05, 0) is 42.3 Å². The number of methoxy groups -OCH3 is 1. The van der Waals surface area contributed by atoms with Crippen LogP contribution in [0.3, 0.4) is 0 Å². The van der Waals surface area contributed by atoms with Gasteiger partial charge in [-0.15, -0.1) is 0 Å². The van der Waals surface area contributed by atoms with Crippen molar-refractivity contribution >= 4 is 23.2 Å². The molecule has 2 aromatic carbocycles. The highest BCUT2D eigenvalue weighted by Crippen LogP contribution is 2.30. The smallest absolute Gasteiger partial charge is 0.422 e. The first-order chi connectivity index (χ1) is 12.3. The Morgan fingerprint density at radius 3 is 2.65 bits per heavy atom. The third-order valence-corrected chi connectivity index (χ3v) is 3.62. The Hall–Kier alpha value is -2.41. The Bertz CT molecular complexity index is 766. The number of carbonyl (C=O) groups is 1. The van der Waals surface area contributed by atoms with E-state index < -0.39 is 12.8 Å². The third kappa shape index (κ3) is 6.48. The van der Waals surface area contributed by atoms with Gasteiger partial charge in [-0.1, -0.05) is 23.7 Å². The van der Waals surface area contributed by atoms with Crippen LogP contribution in [0.2, 0.25) is 5.02 Å². The molecule has 0 fully saturated rings. The molecule has 0 saturated heterocycles. The first kappa shape index (κ1) is 19.9. The summed E-state index contributed by atoms with van der Waals surface area (Å²) in [5, 5.41) is 2.81. The molecule has 0 bridgehead atoms. The van der Waals surface area contributed by atoms with Crippen LogP contribution in [0.1, 0.15) is 12.0 Å². The third-order valence-electron chi connectivity index (χ3n) is 3.38. The van der Waals surface area contributed by atoms with E-state index in [9.17, 15) is 18.0 Å². The minimum Gasteiger partial charge on any atom is -0.497 e. The number of anilines is 1. The number of ether oxygens (including phenoxy) is 2. The van der Waals surface area contributed by atoms with Crippen molar-refractivity contribution in [2.45, 2.75) is 19.0 Å². The van der Waals surface area contributed by atoms with E-state index in [4.69, 9.17) is 21.1 Å². The van der Waals surface area contributed by atoms with Gasteiger partial charge < -0.3 is 14.8 Å². The summed E-state index contributed by atoms with van der Waals surface area (Å²) in [5.74, 6) is 0.217. The fourth-order valence-electron chi connectivity index (χ4n) is 2.18. The molecule has 0 unspecified atom stereocenters. The van der Waals surface area contributed by atoms with E-state index in [0.29, 0.717) is 12.2 Å². The number of carbonyl (C=O) groups excluding carboxylic acids is 1. The lowest BCUT2D eigenvalue weighted by Gasteiger charge is -2.14. The standard InChI is InChI=1S/C18H17ClF3NO3/c1-25-14-4-2-3-12(9-14)5-8-17(24)23-15-10-13(19)6-7-16(15)26-11-18(20,21)22/h2-4,6-7,9-10H,5,8,11H2,1H3,(H,23,24). The van der Waals surface area contributed by atoms with Crippen molar-refractivity contribution in [3.05, 3.63) is 53.1 Å². The van der Waals surface area contributed by atoms with E-state index in [2.05, 4.69) is 5.32 Å². The van der Waals surface area contributed by atoms with E-state index in [1.807, 2.05) is 18.2 Å². The second kappa shape index (κ2) is 8.80. The van der Waals surface area contributed by atoms with Crippen molar-refractivity contribution in [3.8, 4) is 11.5 Å². The number of hydrogen-bond donors (Lipinski definition) is 1. The van der Waals surface area contributed by atoms with Gasteiger partial charge in [0.15, 0.2) is 6.61 Å². The Kier molecular flexibility index (Phi) is 6.74. The van der Waals surface area contributed by atoms with Gasteiger partial charge in [-0.25, -0.2) is 0 Å². The molecule has 0 aromatic heterocycles.